The molecule has 180 valence electrons. The van der Waals surface area contributed by atoms with Gasteiger partial charge in [-0.2, -0.15) is 0 Å². The maximum absolute atomic E-state index is 12.1. The largest absolute Gasteiger partial charge is 0.444 e. The van der Waals surface area contributed by atoms with E-state index in [2.05, 4.69) is 5.32 Å². The van der Waals surface area contributed by atoms with E-state index in [4.69, 9.17) is 9.47 Å². The second-order valence-electron chi connectivity index (χ2n) is 11.5. The lowest BCUT2D eigenvalue weighted by atomic mass is 9.77. The van der Waals surface area contributed by atoms with Crippen molar-refractivity contribution in [3.8, 4) is 0 Å². The van der Waals surface area contributed by atoms with Gasteiger partial charge in [0.2, 0.25) is 0 Å². The lowest BCUT2D eigenvalue weighted by Gasteiger charge is -2.42. The topological polar surface area (TPSA) is 71.1 Å². The quantitative estimate of drug-likeness (QED) is 0.558. The molecule has 2 aliphatic rings. The number of amides is 2. The molecule has 0 unspecified atom stereocenters. The normalized spacial score (nSPS) is 25.8. The molecule has 2 saturated carbocycles. The summed E-state index contributed by atoms with van der Waals surface area (Å²) in [5.74, 6) is 1.39. The summed E-state index contributed by atoms with van der Waals surface area (Å²) in [4.78, 5) is 27.8. The van der Waals surface area contributed by atoms with E-state index >= 15 is 0 Å². The molecule has 31 heavy (non-hydrogen) atoms. The number of nitrogens with zero attached hydrogens (tertiary/aromatic N) is 2. The second-order valence-corrected chi connectivity index (χ2v) is 11.5. The molecule has 7 nitrogen and oxygen atoms in total. The average molecular weight is 440 g/mol. The summed E-state index contributed by atoms with van der Waals surface area (Å²) in [5, 5.41) is 3.57. The van der Waals surface area contributed by atoms with E-state index in [9.17, 15) is 9.59 Å². The van der Waals surface area contributed by atoms with Gasteiger partial charge in [-0.15, -0.1) is 0 Å². The zero-order valence-electron chi connectivity index (χ0n) is 21.0. The fraction of sp³-hybridized carbons (Fsp3) is 0.917. The number of rotatable bonds is 8. The van der Waals surface area contributed by atoms with Crippen LogP contribution >= 0.6 is 0 Å². The monoisotopic (exact) mass is 439 g/mol. The Bertz CT molecular complexity index is 547. The average Bonchev–Trinajstić information content (AvgIpc) is 2.53. The van der Waals surface area contributed by atoms with Crippen LogP contribution < -0.4 is 5.32 Å². The summed E-state index contributed by atoms with van der Waals surface area (Å²) in [5.41, 5.74) is -0.881. The predicted octanol–water partition coefficient (Wildman–Crippen LogP) is 4.65. The molecular formula is C24H45N3O4. The predicted molar refractivity (Wildman–Crippen MR) is 123 cm³/mol. The van der Waals surface area contributed by atoms with Gasteiger partial charge in [0.1, 0.15) is 11.2 Å². The van der Waals surface area contributed by atoms with Crippen LogP contribution in [0, 0.1) is 11.8 Å². The summed E-state index contributed by atoms with van der Waals surface area (Å²) >= 11 is 0. The summed E-state index contributed by atoms with van der Waals surface area (Å²) in [6.45, 7) is 13.5. The molecule has 0 atom stereocenters. The molecule has 2 aliphatic carbocycles. The van der Waals surface area contributed by atoms with E-state index < -0.39 is 11.2 Å². The molecule has 2 amide bonds. The van der Waals surface area contributed by atoms with Crippen LogP contribution in [0.25, 0.3) is 0 Å². The van der Waals surface area contributed by atoms with E-state index in [1.54, 1.807) is 9.80 Å². The highest BCUT2D eigenvalue weighted by Gasteiger charge is 2.36. The van der Waals surface area contributed by atoms with Crippen LogP contribution in [0.1, 0.15) is 80.1 Å². The minimum absolute atomic E-state index is 0.217. The van der Waals surface area contributed by atoms with Gasteiger partial charge in [0.15, 0.2) is 0 Å². The lowest BCUT2D eigenvalue weighted by molar-refractivity contribution is 0.00550. The van der Waals surface area contributed by atoms with Gasteiger partial charge in [-0.3, -0.25) is 0 Å². The first-order valence-electron chi connectivity index (χ1n) is 11.9. The van der Waals surface area contributed by atoms with Gasteiger partial charge < -0.3 is 24.6 Å². The van der Waals surface area contributed by atoms with Crippen molar-refractivity contribution in [2.24, 2.45) is 11.8 Å². The first kappa shape index (κ1) is 25.8. The van der Waals surface area contributed by atoms with Crippen molar-refractivity contribution in [1.29, 1.82) is 0 Å². The van der Waals surface area contributed by atoms with E-state index in [1.165, 1.54) is 0 Å². The molecule has 0 aliphatic heterocycles. The Kier molecular flexibility index (Phi) is 8.65. The molecule has 0 bridgehead atoms. The Balaban J connectivity index is 1.49. The van der Waals surface area contributed by atoms with Crippen molar-refractivity contribution in [2.45, 2.75) is 103 Å². The van der Waals surface area contributed by atoms with Crippen molar-refractivity contribution in [3.63, 3.8) is 0 Å². The number of carbonyl (C=O) groups is 2. The summed E-state index contributed by atoms with van der Waals surface area (Å²) in [6.07, 6.45) is 6.16. The van der Waals surface area contributed by atoms with Gasteiger partial charge in [-0.05, 0) is 105 Å². The third kappa shape index (κ3) is 8.51. The van der Waals surface area contributed by atoms with E-state index in [1.807, 2.05) is 55.6 Å². The molecule has 2 fully saturated rings. The molecule has 0 aromatic carbocycles. The molecule has 2 rings (SSSR count). The minimum atomic E-state index is -0.440. The summed E-state index contributed by atoms with van der Waals surface area (Å²) in [7, 11) is 3.69. The van der Waals surface area contributed by atoms with Gasteiger partial charge in [-0.25, -0.2) is 9.59 Å². The van der Waals surface area contributed by atoms with Crippen LogP contribution in [-0.4, -0.2) is 72.5 Å². The molecule has 1 N–H and O–H groups in total. The number of hydrogen-bond donors (Lipinski definition) is 1. The van der Waals surface area contributed by atoms with Crippen LogP contribution in [0.5, 0.6) is 0 Å². The Morgan fingerprint density at radius 1 is 0.742 bits per heavy atom. The molecule has 0 spiro atoms. The smallest absolute Gasteiger partial charge is 0.410 e. The first-order valence-corrected chi connectivity index (χ1v) is 11.9. The number of hydrogen-bond acceptors (Lipinski definition) is 5. The molecule has 0 aromatic heterocycles. The van der Waals surface area contributed by atoms with Gasteiger partial charge in [0.25, 0.3) is 0 Å². The summed E-state index contributed by atoms with van der Waals surface area (Å²) < 4.78 is 10.9. The van der Waals surface area contributed by atoms with Crippen LogP contribution in [0.15, 0.2) is 0 Å². The Hall–Kier alpha value is -1.50. The Morgan fingerprint density at radius 2 is 1.06 bits per heavy atom. The molecule has 0 saturated heterocycles. The fourth-order valence-electron chi connectivity index (χ4n) is 4.21. The zero-order valence-corrected chi connectivity index (χ0v) is 21.0. The number of carbonyl (C=O) groups excluding carboxylic acids is 2. The fourth-order valence-corrected chi connectivity index (χ4v) is 4.21. The Morgan fingerprint density at radius 3 is 1.35 bits per heavy atom. The number of ether oxygens (including phenoxy) is 2. The maximum atomic E-state index is 12.1. The van der Waals surface area contributed by atoms with Crippen LogP contribution in [0.4, 0.5) is 9.59 Å². The van der Waals surface area contributed by atoms with Crippen LogP contribution in [0.2, 0.25) is 0 Å². The highest BCUT2D eigenvalue weighted by Crippen LogP contribution is 2.35. The highest BCUT2D eigenvalue weighted by molar-refractivity contribution is 5.68. The summed E-state index contributed by atoms with van der Waals surface area (Å²) in [6, 6.07) is 0.627. The third-order valence-corrected chi connectivity index (χ3v) is 6.34. The molecule has 7 heteroatoms. The zero-order chi connectivity index (χ0) is 23.4. The van der Waals surface area contributed by atoms with Crippen LogP contribution in [0.3, 0.4) is 0 Å². The van der Waals surface area contributed by atoms with Crippen molar-refractivity contribution < 1.29 is 19.1 Å². The molecule has 0 radical (unpaired) electrons. The Labute approximate surface area is 189 Å². The highest BCUT2D eigenvalue weighted by atomic mass is 16.6. The standard InChI is InChI=1S/C24H45N3O4/c1-23(2,3)30-21(28)26(7)19-13-17(14-19)9-11-25-12-10-18-15-20(16-18)27(8)22(29)31-24(4,5)6/h17-20,25H,9-16H2,1-8H3. The minimum Gasteiger partial charge on any atom is -0.444 e. The molecular weight excluding hydrogens is 394 g/mol. The van der Waals surface area contributed by atoms with Gasteiger partial charge in [0.05, 0.1) is 0 Å². The van der Waals surface area contributed by atoms with Crippen LogP contribution in [-0.2, 0) is 9.47 Å². The maximum Gasteiger partial charge on any atom is 0.410 e. The second kappa shape index (κ2) is 10.4. The third-order valence-electron chi connectivity index (χ3n) is 6.34. The van der Waals surface area contributed by atoms with Crippen molar-refractivity contribution in [1.82, 2.24) is 15.1 Å². The van der Waals surface area contributed by atoms with Gasteiger partial charge in [0, 0.05) is 26.2 Å². The first-order chi connectivity index (χ1) is 14.2. The van der Waals surface area contributed by atoms with Crippen molar-refractivity contribution >= 4 is 12.2 Å². The van der Waals surface area contributed by atoms with Crippen molar-refractivity contribution in [3.05, 3.63) is 0 Å². The van der Waals surface area contributed by atoms with Gasteiger partial charge >= 0.3 is 12.2 Å². The molecule has 0 heterocycles. The lowest BCUT2D eigenvalue weighted by Crippen LogP contribution is -2.48. The van der Waals surface area contributed by atoms with Gasteiger partial charge in [-0.1, -0.05) is 0 Å². The van der Waals surface area contributed by atoms with E-state index in [0.717, 1.165) is 51.6 Å². The number of nitrogens with one attached hydrogen (secondary N) is 1. The molecule has 0 aromatic rings. The van der Waals surface area contributed by atoms with E-state index in [-0.39, 0.29) is 12.2 Å². The SMILES string of the molecule is CN(C(=O)OC(C)(C)C)C1CC(CCNCCC2CC(N(C)C(=O)OC(C)(C)C)C2)C1. The van der Waals surface area contributed by atoms with E-state index in [0.29, 0.717) is 23.9 Å². The van der Waals surface area contributed by atoms with Crippen molar-refractivity contribution in [2.75, 3.05) is 27.2 Å².